The molecule has 2 aliphatic rings. The molecule has 2 fully saturated rings. The van der Waals surface area contributed by atoms with E-state index in [0.29, 0.717) is 28.2 Å². The zero-order valence-electron chi connectivity index (χ0n) is 16.8. The van der Waals surface area contributed by atoms with Crippen molar-refractivity contribution in [2.45, 2.75) is 43.8 Å². The Hall–Kier alpha value is -1.62. The number of fused-ring (bicyclic) bond motifs is 1. The second kappa shape index (κ2) is 8.38. The standard InChI is InChI=1S/C21H23F3N4OS2/c22-21(23,24)18-12-31-20(26-18)17-11-28(30)19-16(17)9-14(10-25-19)13-1-3-15(4-2-13)27-5-7-29-8-6-27/h9-13,15,30H,1-8H2/t13-,15+. The fourth-order valence-electron chi connectivity index (χ4n) is 4.75. The monoisotopic (exact) mass is 468 g/mol. The lowest BCUT2D eigenvalue weighted by molar-refractivity contribution is -0.140. The van der Waals surface area contributed by atoms with Gasteiger partial charge in [-0.15, -0.1) is 11.3 Å². The summed E-state index contributed by atoms with van der Waals surface area (Å²) in [6, 6.07) is 2.68. The number of pyridine rings is 1. The smallest absolute Gasteiger partial charge is 0.379 e. The van der Waals surface area contributed by atoms with Crippen LogP contribution in [0.1, 0.15) is 42.9 Å². The van der Waals surface area contributed by atoms with Gasteiger partial charge in [0, 0.05) is 47.9 Å². The van der Waals surface area contributed by atoms with Crippen LogP contribution in [0.5, 0.6) is 0 Å². The minimum Gasteiger partial charge on any atom is -0.379 e. The van der Waals surface area contributed by atoms with E-state index in [1.807, 2.05) is 6.20 Å². The van der Waals surface area contributed by atoms with Crippen molar-refractivity contribution in [3.05, 3.63) is 35.1 Å². The van der Waals surface area contributed by atoms with Crippen molar-refractivity contribution in [3.63, 3.8) is 0 Å². The number of alkyl halides is 3. The van der Waals surface area contributed by atoms with Gasteiger partial charge in [0.2, 0.25) is 0 Å². The zero-order valence-corrected chi connectivity index (χ0v) is 18.5. The molecule has 0 amide bonds. The minimum atomic E-state index is -4.45. The minimum absolute atomic E-state index is 0.333. The number of aromatic nitrogens is 3. The molecule has 3 aromatic heterocycles. The van der Waals surface area contributed by atoms with E-state index in [4.69, 9.17) is 4.74 Å². The van der Waals surface area contributed by atoms with Crippen LogP contribution in [0.4, 0.5) is 13.2 Å². The number of hydrogen-bond donors (Lipinski definition) is 1. The van der Waals surface area contributed by atoms with Gasteiger partial charge in [0.15, 0.2) is 5.69 Å². The number of halogens is 3. The van der Waals surface area contributed by atoms with Gasteiger partial charge in [0.1, 0.15) is 10.7 Å². The summed E-state index contributed by atoms with van der Waals surface area (Å²) in [6.07, 6.45) is 3.59. The molecule has 0 bridgehead atoms. The summed E-state index contributed by atoms with van der Waals surface area (Å²) in [4.78, 5) is 10.9. The van der Waals surface area contributed by atoms with Gasteiger partial charge in [-0.05, 0) is 43.2 Å². The van der Waals surface area contributed by atoms with Gasteiger partial charge in [-0.2, -0.15) is 13.2 Å². The first-order chi connectivity index (χ1) is 14.9. The number of ether oxygens (including phenoxy) is 1. The Kier molecular flexibility index (Phi) is 5.74. The lowest BCUT2D eigenvalue weighted by Crippen LogP contribution is -2.44. The number of nitrogens with zero attached hydrogens (tertiary/aromatic N) is 4. The van der Waals surface area contributed by atoms with Crippen LogP contribution in [0.25, 0.3) is 21.6 Å². The highest BCUT2D eigenvalue weighted by Gasteiger charge is 2.34. The molecule has 4 heterocycles. The van der Waals surface area contributed by atoms with Crippen molar-refractivity contribution in [2.75, 3.05) is 26.3 Å². The fourth-order valence-corrected chi connectivity index (χ4v) is 5.87. The second-order valence-corrected chi connectivity index (χ2v) is 9.51. The predicted octanol–water partition coefficient (Wildman–Crippen LogP) is 5.23. The van der Waals surface area contributed by atoms with Crippen LogP contribution in [-0.4, -0.2) is 51.2 Å². The van der Waals surface area contributed by atoms with E-state index >= 15 is 0 Å². The molecular formula is C21H23F3N4OS2. The molecule has 0 spiro atoms. The van der Waals surface area contributed by atoms with Gasteiger partial charge in [-0.1, -0.05) is 12.8 Å². The van der Waals surface area contributed by atoms with Gasteiger partial charge < -0.3 is 4.74 Å². The molecule has 0 aromatic carbocycles. The summed E-state index contributed by atoms with van der Waals surface area (Å²) in [6.45, 7) is 3.65. The molecular weight excluding hydrogens is 445 g/mol. The van der Waals surface area contributed by atoms with Crippen LogP contribution >= 0.6 is 24.2 Å². The summed E-state index contributed by atoms with van der Waals surface area (Å²) < 4.78 is 46.1. The summed E-state index contributed by atoms with van der Waals surface area (Å²) in [7, 11) is 0. The molecule has 31 heavy (non-hydrogen) atoms. The van der Waals surface area contributed by atoms with E-state index in [9.17, 15) is 13.2 Å². The first-order valence-electron chi connectivity index (χ1n) is 10.5. The Morgan fingerprint density at radius 1 is 1.13 bits per heavy atom. The van der Waals surface area contributed by atoms with Crippen molar-refractivity contribution < 1.29 is 17.9 Å². The Morgan fingerprint density at radius 2 is 1.87 bits per heavy atom. The van der Waals surface area contributed by atoms with Gasteiger partial charge in [0.25, 0.3) is 0 Å². The third-order valence-corrected chi connectivity index (χ3v) is 7.58. The maximum Gasteiger partial charge on any atom is 0.434 e. The predicted molar refractivity (Wildman–Crippen MR) is 118 cm³/mol. The maximum absolute atomic E-state index is 13.0. The van der Waals surface area contributed by atoms with E-state index in [-0.39, 0.29) is 0 Å². The fraction of sp³-hybridized carbons (Fsp3) is 0.524. The van der Waals surface area contributed by atoms with Crippen LogP contribution in [0.2, 0.25) is 0 Å². The summed E-state index contributed by atoms with van der Waals surface area (Å²) in [5.74, 6) is 0.410. The van der Waals surface area contributed by atoms with Crippen LogP contribution in [-0.2, 0) is 10.9 Å². The lowest BCUT2D eigenvalue weighted by Gasteiger charge is -2.38. The third-order valence-electron chi connectivity index (χ3n) is 6.40. The Balaban J connectivity index is 1.39. The molecule has 0 unspecified atom stereocenters. The number of hydrogen-bond acceptors (Lipinski definition) is 6. The summed E-state index contributed by atoms with van der Waals surface area (Å²) in [5, 5.41) is 2.19. The summed E-state index contributed by atoms with van der Waals surface area (Å²) in [5.41, 5.74) is 1.55. The van der Waals surface area contributed by atoms with Crippen LogP contribution in [0.15, 0.2) is 23.8 Å². The summed E-state index contributed by atoms with van der Waals surface area (Å²) >= 11 is 5.40. The first kappa shape index (κ1) is 21.2. The molecule has 3 aromatic rings. The lowest BCUT2D eigenvalue weighted by atomic mass is 9.81. The quantitative estimate of drug-likeness (QED) is 0.535. The van der Waals surface area contributed by atoms with Gasteiger partial charge in [0.05, 0.1) is 13.2 Å². The maximum atomic E-state index is 13.0. The Bertz CT molecular complexity index is 1070. The Morgan fingerprint density at radius 3 is 2.55 bits per heavy atom. The zero-order chi connectivity index (χ0) is 21.6. The highest BCUT2D eigenvalue weighted by molar-refractivity contribution is 7.78. The molecule has 10 heteroatoms. The average molecular weight is 469 g/mol. The second-order valence-electron chi connectivity index (χ2n) is 8.22. The topological polar surface area (TPSA) is 43.2 Å². The molecule has 1 aliphatic carbocycles. The number of thiol groups is 1. The first-order valence-corrected chi connectivity index (χ1v) is 11.7. The van der Waals surface area contributed by atoms with Crippen LogP contribution in [0, 0.1) is 0 Å². The largest absolute Gasteiger partial charge is 0.434 e. The molecule has 0 N–H and O–H groups in total. The highest BCUT2D eigenvalue weighted by Crippen LogP contribution is 2.40. The third kappa shape index (κ3) is 4.22. The molecule has 5 rings (SSSR count). The molecule has 0 radical (unpaired) electrons. The average Bonchev–Trinajstić information content (AvgIpc) is 3.39. The van der Waals surface area contributed by atoms with E-state index in [1.54, 1.807) is 10.2 Å². The normalized spacial score (nSPS) is 23.5. The van der Waals surface area contributed by atoms with E-state index < -0.39 is 11.9 Å². The molecule has 1 saturated carbocycles. The van der Waals surface area contributed by atoms with Gasteiger partial charge in [-0.25, -0.2) is 9.97 Å². The van der Waals surface area contributed by atoms with Crippen molar-refractivity contribution >= 4 is 35.2 Å². The van der Waals surface area contributed by atoms with Crippen molar-refractivity contribution in [1.29, 1.82) is 0 Å². The number of morpholine rings is 1. The number of rotatable bonds is 3. The van der Waals surface area contributed by atoms with Crippen molar-refractivity contribution in [1.82, 2.24) is 18.8 Å². The highest BCUT2D eigenvalue weighted by atomic mass is 32.1. The van der Waals surface area contributed by atoms with Crippen molar-refractivity contribution in [3.8, 4) is 10.6 Å². The van der Waals surface area contributed by atoms with E-state index in [2.05, 4.69) is 33.7 Å². The van der Waals surface area contributed by atoms with Gasteiger partial charge in [-0.3, -0.25) is 8.87 Å². The van der Waals surface area contributed by atoms with Crippen molar-refractivity contribution in [2.24, 2.45) is 0 Å². The Labute approximate surface area is 187 Å². The van der Waals surface area contributed by atoms with E-state index in [0.717, 1.165) is 79.7 Å². The number of thiazole rings is 1. The molecule has 0 atom stereocenters. The van der Waals surface area contributed by atoms with E-state index in [1.165, 1.54) is 0 Å². The molecule has 1 aliphatic heterocycles. The molecule has 5 nitrogen and oxygen atoms in total. The van der Waals surface area contributed by atoms with Crippen LogP contribution in [0.3, 0.4) is 0 Å². The SMILES string of the molecule is FC(F)(F)c1csc(-c2cn(S)c3ncc([C@H]4CC[C@@H](N5CCOCC5)CC4)cc23)n1. The molecule has 166 valence electrons. The molecule has 1 saturated heterocycles. The van der Waals surface area contributed by atoms with Gasteiger partial charge >= 0.3 is 6.18 Å². The van der Waals surface area contributed by atoms with Crippen LogP contribution < -0.4 is 0 Å².